The molecule has 0 spiro atoms. The van der Waals surface area contributed by atoms with Crippen LogP contribution >= 0.6 is 0 Å². The quantitative estimate of drug-likeness (QED) is 0.730. The second kappa shape index (κ2) is 4.28. The van der Waals surface area contributed by atoms with Crippen LogP contribution in [0.4, 0.5) is 0 Å². The number of carboxylic acid groups (broad SMARTS) is 1. The van der Waals surface area contributed by atoms with Gasteiger partial charge in [0.05, 0.1) is 5.52 Å². The molecule has 0 amide bonds. The van der Waals surface area contributed by atoms with Gasteiger partial charge < -0.3 is 16.0 Å². The van der Waals surface area contributed by atoms with Crippen LogP contribution in [0.2, 0.25) is 0 Å². The van der Waals surface area contributed by atoms with Crippen molar-refractivity contribution < 1.29 is 15.1 Å². The zero-order valence-electron chi connectivity index (χ0n) is 10.4. The predicted molar refractivity (Wildman–Crippen MR) is 70.4 cm³/mol. The summed E-state index contributed by atoms with van der Waals surface area (Å²) < 4.78 is 1.10. The summed E-state index contributed by atoms with van der Waals surface area (Å²) in [5.74, 6) is -0.511. The second-order valence-electron chi connectivity index (χ2n) is 5.17. The van der Waals surface area contributed by atoms with Gasteiger partial charge in [-0.05, 0) is 29.9 Å². The number of carbonyl (C=O) groups is 1. The molecule has 3 rings (SSSR count). The molecule has 4 N–H and O–H groups in total. The van der Waals surface area contributed by atoms with Crippen LogP contribution in [-0.4, -0.2) is 27.1 Å². The number of para-hydroxylation sites is 1. The lowest BCUT2D eigenvalue weighted by Crippen LogP contribution is -2.32. The standard InChI is InChI=1S/C14H16N2O3/c15-12(14(17)18)6-9-7-16(19)13-10(8-4-5-8)2-1-3-11(9)13/h1-3,7-8,12,19H,4-6,15H2,(H,17,18). The van der Waals surface area contributed by atoms with E-state index in [1.165, 1.54) is 0 Å². The Balaban J connectivity index is 2.07. The molecule has 0 saturated heterocycles. The Kier molecular flexibility index (Phi) is 2.71. The molecule has 5 nitrogen and oxygen atoms in total. The highest BCUT2D eigenvalue weighted by Gasteiger charge is 2.27. The van der Waals surface area contributed by atoms with E-state index in [0.717, 1.165) is 39.6 Å². The minimum atomic E-state index is -1.03. The van der Waals surface area contributed by atoms with Crippen molar-refractivity contribution in [3.05, 3.63) is 35.5 Å². The van der Waals surface area contributed by atoms with Crippen LogP contribution in [0.25, 0.3) is 10.9 Å². The average molecular weight is 260 g/mol. The fourth-order valence-electron chi connectivity index (χ4n) is 2.57. The summed E-state index contributed by atoms with van der Waals surface area (Å²) in [5, 5.41) is 19.8. The van der Waals surface area contributed by atoms with Crippen LogP contribution in [-0.2, 0) is 11.2 Å². The van der Waals surface area contributed by atoms with Crippen LogP contribution in [0.1, 0.15) is 29.9 Å². The van der Waals surface area contributed by atoms with Crippen molar-refractivity contribution in [1.82, 2.24) is 4.73 Å². The van der Waals surface area contributed by atoms with E-state index in [1.54, 1.807) is 6.20 Å². The largest absolute Gasteiger partial charge is 0.480 e. The molecule has 0 bridgehead atoms. The Morgan fingerprint density at radius 2 is 2.21 bits per heavy atom. The molecule has 1 atom stereocenters. The molecule has 2 aromatic rings. The smallest absolute Gasteiger partial charge is 0.320 e. The number of nitrogens with two attached hydrogens (primary N) is 1. The molecular weight excluding hydrogens is 244 g/mol. The Labute approximate surface area is 110 Å². The Bertz CT molecular complexity index is 643. The number of carboxylic acids is 1. The van der Waals surface area contributed by atoms with Crippen LogP contribution in [0.15, 0.2) is 24.4 Å². The summed E-state index contributed by atoms with van der Waals surface area (Å²) in [6, 6.07) is 4.92. The van der Waals surface area contributed by atoms with Gasteiger partial charge in [0.2, 0.25) is 0 Å². The van der Waals surface area contributed by atoms with Gasteiger partial charge in [-0.2, -0.15) is 4.73 Å². The maximum absolute atomic E-state index is 10.8. The normalized spacial score (nSPS) is 16.7. The molecule has 1 aromatic heterocycles. The van der Waals surface area contributed by atoms with Crippen LogP contribution < -0.4 is 5.73 Å². The number of aliphatic carboxylic acids is 1. The molecule has 1 aliphatic carbocycles. The van der Waals surface area contributed by atoms with E-state index in [1.807, 2.05) is 18.2 Å². The minimum absolute atomic E-state index is 0.216. The maximum atomic E-state index is 10.8. The first kappa shape index (κ1) is 12.0. The van der Waals surface area contributed by atoms with E-state index >= 15 is 0 Å². The first-order valence-corrected chi connectivity index (χ1v) is 6.38. The molecule has 1 aliphatic rings. The van der Waals surface area contributed by atoms with E-state index in [4.69, 9.17) is 10.8 Å². The van der Waals surface area contributed by atoms with Gasteiger partial charge in [0.25, 0.3) is 0 Å². The van der Waals surface area contributed by atoms with Crippen molar-refractivity contribution in [3.8, 4) is 0 Å². The molecule has 1 unspecified atom stereocenters. The Morgan fingerprint density at radius 3 is 2.84 bits per heavy atom. The Hall–Kier alpha value is -2.01. The highest BCUT2D eigenvalue weighted by Crippen LogP contribution is 2.43. The number of fused-ring (bicyclic) bond motifs is 1. The lowest BCUT2D eigenvalue weighted by molar-refractivity contribution is -0.138. The van der Waals surface area contributed by atoms with Crippen LogP contribution in [0.5, 0.6) is 0 Å². The Morgan fingerprint density at radius 1 is 1.47 bits per heavy atom. The topological polar surface area (TPSA) is 88.5 Å². The molecule has 1 saturated carbocycles. The fraction of sp³-hybridized carbons (Fsp3) is 0.357. The van der Waals surface area contributed by atoms with Crippen molar-refractivity contribution in [2.45, 2.75) is 31.2 Å². The van der Waals surface area contributed by atoms with Crippen molar-refractivity contribution in [2.24, 2.45) is 5.73 Å². The van der Waals surface area contributed by atoms with E-state index < -0.39 is 12.0 Å². The average Bonchev–Trinajstić information content (AvgIpc) is 3.16. The monoisotopic (exact) mass is 260 g/mol. The van der Waals surface area contributed by atoms with E-state index in [0.29, 0.717) is 5.92 Å². The minimum Gasteiger partial charge on any atom is -0.480 e. The van der Waals surface area contributed by atoms with E-state index in [-0.39, 0.29) is 6.42 Å². The van der Waals surface area contributed by atoms with Crippen LogP contribution in [0.3, 0.4) is 0 Å². The van der Waals surface area contributed by atoms with E-state index in [9.17, 15) is 10.0 Å². The molecule has 19 heavy (non-hydrogen) atoms. The third-order valence-electron chi connectivity index (χ3n) is 3.69. The molecule has 1 fully saturated rings. The van der Waals surface area contributed by atoms with Crippen molar-refractivity contribution >= 4 is 16.9 Å². The van der Waals surface area contributed by atoms with E-state index in [2.05, 4.69) is 0 Å². The molecule has 100 valence electrons. The lowest BCUT2D eigenvalue weighted by Gasteiger charge is -2.05. The van der Waals surface area contributed by atoms with Crippen molar-refractivity contribution in [2.75, 3.05) is 0 Å². The highest BCUT2D eigenvalue weighted by molar-refractivity contribution is 5.88. The maximum Gasteiger partial charge on any atom is 0.320 e. The summed E-state index contributed by atoms with van der Waals surface area (Å²) in [5.41, 5.74) is 8.27. The molecular formula is C14H16N2O3. The SMILES string of the molecule is NC(Cc1cn(O)c2c(C3CC3)cccc12)C(=O)O. The number of benzene rings is 1. The number of hydrogen-bond donors (Lipinski definition) is 3. The van der Waals surface area contributed by atoms with Crippen molar-refractivity contribution in [3.63, 3.8) is 0 Å². The third kappa shape index (κ3) is 2.06. The van der Waals surface area contributed by atoms with Gasteiger partial charge in [-0.3, -0.25) is 4.79 Å². The zero-order valence-corrected chi connectivity index (χ0v) is 10.4. The van der Waals surface area contributed by atoms with Gasteiger partial charge in [0.1, 0.15) is 6.04 Å². The summed E-state index contributed by atoms with van der Waals surface area (Å²) >= 11 is 0. The predicted octanol–water partition coefficient (Wildman–Crippen LogP) is 1.71. The van der Waals surface area contributed by atoms with Gasteiger partial charge in [-0.15, -0.1) is 0 Å². The number of nitrogens with zero attached hydrogens (tertiary/aromatic N) is 1. The van der Waals surface area contributed by atoms with Gasteiger partial charge in [0, 0.05) is 18.0 Å². The summed E-state index contributed by atoms with van der Waals surface area (Å²) in [6.07, 6.45) is 4.08. The molecule has 1 heterocycles. The van der Waals surface area contributed by atoms with Gasteiger partial charge in [-0.25, -0.2) is 0 Å². The van der Waals surface area contributed by atoms with Crippen molar-refractivity contribution in [1.29, 1.82) is 0 Å². The number of aromatic nitrogens is 1. The van der Waals surface area contributed by atoms with Gasteiger partial charge in [0.15, 0.2) is 0 Å². The first-order chi connectivity index (χ1) is 9.08. The summed E-state index contributed by atoms with van der Waals surface area (Å²) in [6.45, 7) is 0. The molecule has 5 heteroatoms. The molecule has 0 aliphatic heterocycles. The van der Waals surface area contributed by atoms with Gasteiger partial charge in [-0.1, -0.05) is 18.2 Å². The zero-order chi connectivity index (χ0) is 13.6. The first-order valence-electron chi connectivity index (χ1n) is 6.38. The second-order valence-corrected chi connectivity index (χ2v) is 5.17. The highest BCUT2D eigenvalue weighted by atomic mass is 16.5. The third-order valence-corrected chi connectivity index (χ3v) is 3.69. The molecule has 0 radical (unpaired) electrons. The lowest BCUT2D eigenvalue weighted by atomic mass is 10.0. The van der Waals surface area contributed by atoms with Crippen LogP contribution in [0, 0.1) is 0 Å². The number of rotatable bonds is 4. The summed E-state index contributed by atoms with van der Waals surface area (Å²) in [7, 11) is 0. The fourth-order valence-corrected chi connectivity index (χ4v) is 2.57. The summed E-state index contributed by atoms with van der Waals surface area (Å²) in [4.78, 5) is 10.8. The number of hydrogen-bond acceptors (Lipinski definition) is 3. The van der Waals surface area contributed by atoms with Gasteiger partial charge >= 0.3 is 5.97 Å². The molecule has 1 aromatic carbocycles.